The Bertz CT molecular complexity index is 476. The van der Waals surface area contributed by atoms with Crippen molar-refractivity contribution in [2.24, 2.45) is 0 Å². The van der Waals surface area contributed by atoms with Crippen molar-refractivity contribution in [2.75, 3.05) is 0 Å². The number of carbonyl (C=O) groups is 1. The van der Waals surface area contributed by atoms with Crippen LogP contribution in [0.4, 0.5) is 0 Å². The maximum absolute atomic E-state index is 11.1. The molecule has 0 bridgehead atoms. The third kappa shape index (κ3) is 4.00. The molecule has 2 nitrogen and oxygen atoms in total. The van der Waals surface area contributed by atoms with Gasteiger partial charge in [-0.15, -0.1) is 18.8 Å². The van der Waals surface area contributed by atoms with E-state index >= 15 is 0 Å². The Labute approximate surface area is 108 Å². The van der Waals surface area contributed by atoms with Crippen molar-refractivity contribution < 1.29 is 9.53 Å². The zero-order valence-electron chi connectivity index (χ0n) is 10.5. The van der Waals surface area contributed by atoms with Crippen LogP contribution in [0.5, 0.6) is 0 Å². The van der Waals surface area contributed by atoms with Crippen LogP contribution in [-0.4, -0.2) is 11.6 Å². The molecule has 2 heteroatoms. The second kappa shape index (κ2) is 6.52. The Morgan fingerprint density at radius 3 is 2.50 bits per heavy atom. The van der Waals surface area contributed by atoms with E-state index < -0.39 is 11.6 Å². The van der Waals surface area contributed by atoms with Crippen LogP contribution in [0.1, 0.15) is 25.3 Å². The van der Waals surface area contributed by atoms with Gasteiger partial charge >= 0.3 is 5.97 Å². The largest absolute Gasteiger partial charge is 0.445 e. The second-order valence-corrected chi connectivity index (χ2v) is 4.10. The average Bonchev–Trinajstić information content (AvgIpc) is 2.37. The molecule has 92 valence electrons. The second-order valence-electron chi connectivity index (χ2n) is 4.10. The highest BCUT2D eigenvalue weighted by Gasteiger charge is 2.29. The predicted octanol–water partition coefficient (Wildman–Crippen LogP) is 2.58. The number of hydrogen-bond acceptors (Lipinski definition) is 2. The van der Waals surface area contributed by atoms with E-state index in [1.165, 1.54) is 6.92 Å². The fourth-order valence-electron chi connectivity index (χ4n) is 1.76. The van der Waals surface area contributed by atoms with E-state index in [9.17, 15) is 4.79 Å². The topological polar surface area (TPSA) is 26.3 Å². The van der Waals surface area contributed by atoms with Crippen molar-refractivity contribution in [3.8, 4) is 24.7 Å². The number of rotatable bonds is 5. The zero-order valence-corrected chi connectivity index (χ0v) is 10.5. The molecule has 0 saturated carbocycles. The maximum Gasteiger partial charge on any atom is 0.304 e. The summed E-state index contributed by atoms with van der Waals surface area (Å²) in [7, 11) is 0. The van der Waals surface area contributed by atoms with Crippen molar-refractivity contribution in [2.45, 2.75) is 31.8 Å². The molecule has 0 saturated heterocycles. The lowest BCUT2D eigenvalue weighted by atomic mass is 9.92. The lowest BCUT2D eigenvalue weighted by Crippen LogP contribution is -2.33. The monoisotopic (exact) mass is 240 g/mol. The minimum Gasteiger partial charge on any atom is -0.445 e. The molecule has 1 aromatic rings. The summed E-state index contributed by atoms with van der Waals surface area (Å²) < 4.78 is 5.23. The van der Waals surface area contributed by atoms with E-state index in [0.29, 0.717) is 6.42 Å². The summed E-state index contributed by atoms with van der Waals surface area (Å²) in [6, 6.07) is 9.88. The van der Waals surface area contributed by atoms with E-state index in [-0.39, 0.29) is 6.42 Å². The molecule has 0 spiro atoms. The first-order chi connectivity index (χ1) is 8.62. The SMILES string of the molecule is C#CCC(C#C)(CCc1ccccc1)OC(C)=O. The summed E-state index contributed by atoms with van der Waals surface area (Å²) in [5, 5.41) is 0. The molecule has 0 amide bonds. The fourth-order valence-corrected chi connectivity index (χ4v) is 1.76. The molecule has 0 heterocycles. The number of terminal acetylenes is 2. The third-order valence-corrected chi connectivity index (χ3v) is 2.65. The first-order valence-corrected chi connectivity index (χ1v) is 5.76. The molecule has 1 atom stereocenters. The van der Waals surface area contributed by atoms with Gasteiger partial charge in [-0.3, -0.25) is 4.79 Å². The van der Waals surface area contributed by atoms with E-state index in [1.807, 2.05) is 30.3 Å². The molecule has 1 rings (SSSR count). The molecular formula is C16H16O2. The van der Waals surface area contributed by atoms with Gasteiger partial charge in [0.25, 0.3) is 0 Å². The van der Waals surface area contributed by atoms with Crippen molar-refractivity contribution in [1.29, 1.82) is 0 Å². The van der Waals surface area contributed by atoms with Gasteiger partial charge in [0.2, 0.25) is 0 Å². The van der Waals surface area contributed by atoms with Gasteiger partial charge in [-0.25, -0.2) is 0 Å². The van der Waals surface area contributed by atoms with Gasteiger partial charge in [0.05, 0.1) is 6.42 Å². The van der Waals surface area contributed by atoms with Crippen LogP contribution in [0.25, 0.3) is 0 Å². The molecule has 0 radical (unpaired) electrons. The first-order valence-electron chi connectivity index (χ1n) is 5.76. The lowest BCUT2D eigenvalue weighted by molar-refractivity contribution is -0.151. The summed E-state index contributed by atoms with van der Waals surface area (Å²) >= 11 is 0. The molecule has 0 N–H and O–H groups in total. The standard InChI is InChI=1S/C16H16O2/c1-4-12-16(5-2,18-14(3)17)13-11-15-9-7-6-8-10-15/h1-2,6-10H,11-13H2,3H3. The Morgan fingerprint density at radius 2 is 2.00 bits per heavy atom. The highest BCUT2D eigenvalue weighted by molar-refractivity contribution is 5.67. The van der Waals surface area contributed by atoms with Crippen LogP contribution in [0.3, 0.4) is 0 Å². The zero-order chi connectivity index (χ0) is 13.4. The number of hydrogen-bond donors (Lipinski definition) is 0. The molecule has 0 aromatic heterocycles. The lowest BCUT2D eigenvalue weighted by Gasteiger charge is -2.26. The Hall–Kier alpha value is -2.19. The van der Waals surface area contributed by atoms with Crippen LogP contribution >= 0.6 is 0 Å². The Morgan fingerprint density at radius 1 is 1.33 bits per heavy atom. The average molecular weight is 240 g/mol. The predicted molar refractivity (Wildman–Crippen MR) is 71.5 cm³/mol. The number of ether oxygens (including phenoxy) is 1. The van der Waals surface area contributed by atoms with Gasteiger partial charge in [0.1, 0.15) is 0 Å². The normalized spacial score (nSPS) is 12.8. The highest BCUT2D eigenvalue weighted by Crippen LogP contribution is 2.22. The molecule has 0 aliphatic heterocycles. The van der Waals surface area contributed by atoms with Crippen molar-refractivity contribution in [3.63, 3.8) is 0 Å². The van der Waals surface area contributed by atoms with E-state index in [0.717, 1.165) is 12.0 Å². The number of esters is 1. The molecular weight excluding hydrogens is 224 g/mol. The summed E-state index contributed by atoms with van der Waals surface area (Å²) in [4.78, 5) is 11.1. The van der Waals surface area contributed by atoms with Crippen molar-refractivity contribution in [1.82, 2.24) is 0 Å². The Kier molecular flexibility index (Phi) is 5.03. The van der Waals surface area contributed by atoms with E-state index in [4.69, 9.17) is 17.6 Å². The van der Waals surface area contributed by atoms with E-state index in [1.54, 1.807) is 0 Å². The van der Waals surface area contributed by atoms with Gasteiger partial charge in [-0.05, 0) is 12.0 Å². The highest BCUT2D eigenvalue weighted by atomic mass is 16.6. The maximum atomic E-state index is 11.1. The number of aryl methyl sites for hydroxylation is 1. The van der Waals surface area contributed by atoms with Gasteiger partial charge < -0.3 is 4.74 Å². The quantitative estimate of drug-likeness (QED) is 0.584. The summed E-state index contributed by atoms with van der Waals surface area (Å²) in [6.45, 7) is 1.34. The molecule has 1 aromatic carbocycles. The fraction of sp³-hybridized carbons (Fsp3) is 0.312. The van der Waals surface area contributed by atoms with Crippen LogP contribution in [-0.2, 0) is 16.0 Å². The van der Waals surface area contributed by atoms with E-state index in [2.05, 4.69) is 11.8 Å². The van der Waals surface area contributed by atoms with Gasteiger partial charge in [-0.2, -0.15) is 0 Å². The van der Waals surface area contributed by atoms with Crippen molar-refractivity contribution in [3.05, 3.63) is 35.9 Å². The molecule has 0 aliphatic carbocycles. The molecule has 1 unspecified atom stereocenters. The van der Waals surface area contributed by atoms with Gasteiger partial charge in [-0.1, -0.05) is 36.3 Å². The van der Waals surface area contributed by atoms with Gasteiger partial charge in [0, 0.05) is 13.3 Å². The molecule has 18 heavy (non-hydrogen) atoms. The summed E-state index contributed by atoms with van der Waals surface area (Å²) in [5.41, 5.74) is 0.150. The minimum absolute atomic E-state index is 0.232. The van der Waals surface area contributed by atoms with Crippen molar-refractivity contribution >= 4 is 5.97 Å². The third-order valence-electron chi connectivity index (χ3n) is 2.65. The van der Waals surface area contributed by atoms with Crippen LogP contribution < -0.4 is 0 Å². The summed E-state index contributed by atoms with van der Waals surface area (Å²) in [5.74, 6) is 4.61. The molecule has 0 aliphatic rings. The van der Waals surface area contributed by atoms with Crippen LogP contribution in [0.2, 0.25) is 0 Å². The van der Waals surface area contributed by atoms with Crippen LogP contribution in [0, 0.1) is 24.7 Å². The Balaban J connectivity index is 2.76. The number of carbonyl (C=O) groups excluding carboxylic acids is 1. The molecule has 0 fully saturated rings. The summed E-state index contributed by atoms with van der Waals surface area (Å²) in [6.07, 6.45) is 12.3. The minimum atomic E-state index is -0.990. The smallest absolute Gasteiger partial charge is 0.304 e. The van der Waals surface area contributed by atoms with Crippen LogP contribution in [0.15, 0.2) is 30.3 Å². The first kappa shape index (κ1) is 13.9. The van der Waals surface area contributed by atoms with Gasteiger partial charge in [0.15, 0.2) is 5.60 Å². The number of benzene rings is 1.